The first kappa shape index (κ1) is 13.7. The van der Waals surface area contributed by atoms with E-state index < -0.39 is 0 Å². The SMILES string of the molecule is C#Cc1nccc(Nc2ccc(O)cc2)n1.c1cc2cc-2c1. The van der Waals surface area contributed by atoms with Gasteiger partial charge in [-0.15, -0.1) is 6.42 Å². The first-order chi connectivity index (χ1) is 10.7. The molecule has 0 radical (unpaired) electrons. The van der Waals surface area contributed by atoms with Crippen molar-refractivity contribution in [3.63, 3.8) is 0 Å². The van der Waals surface area contributed by atoms with Crippen LogP contribution in [0.2, 0.25) is 0 Å². The molecule has 2 aliphatic rings. The highest BCUT2D eigenvalue weighted by Gasteiger charge is 2.07. The van der Waals surface area contributed by atoms with Gasteiger partial charge in [-0.05, 0) is 53.4 Å². The number of aromatic hydroxyl groups is 1. The molecule has 0 atom stereocenters. The first-order valence-electron chi connectivity index (χ1n) is 6.71. The van der Waals surface area contributed by atoms with Crippen LogP contribution in [0, 0.1) is 12.3 Å². The van der Waals surface area contributed by atoms with Crippen molar-refractivity contribution < 1.29 is 5.11 Å². The second-order valence-electron chi connectivity index (χ2n) is 4.66. The van der Waals surface area contributed by atoms with E-state index in [2.05, 4.69) is 45.5 Å². The molecule has 1 aromatic carbocycles. The van der Waals surface area contributed by atoms with Gasteiger partial charge in [0.1, 0.15) is 11.6 Å². The third-order valence-corrected chi connectivity index (χ3v) is 3.04. The molecule has 1 heterocycles. The summed E-state index contributed by atoms with van der Waals surface area (Å²) in [6.07, 6.45) is 6.78. The summed E-state index contributed by atoms with van der Waals surface area (Å²) in [6, 6.07) is 16.9. The van der Waals surface area contributed by atoms with E-state index in [1.54, 1.807) is 36.5 Å². The normalized spacial score (nSPS) is 9.95. The van der Waals surface area contributed by atoms with Crippen molar-refractivity contribution >= 4 is 11.5 Å². The molecule has 0 amide bonds. The van der Waals surface area contributed by atoms with Crippen LogP contribution in [0.4, 0.5) is 11.5 Å². The van der Waals surface area contributed by atoms with E-state index in [4.69, 9.17) is 11.5 Å². The fourth-order valence-corrected chi connectivity index (χ4v) is 1.87. The van der Waals surface area contributed by atoms with Crippen LogP contribution < -0.4 is 5.32 Å². The third-order valence-electron chi connectivity index (χ3n) is 3.04. The number of phenolic OH excluding ortho intramolecular Hbond substituents is 1. The van der Waals surface area contributed by atoms with Gasteiger partial charge in [-0.1, -0.05) is 18.2 Å². The lowest BCUT2D eigenvalue weighted by Gasteiger charge is -2.05. The molecule has 0 spiro atoms. The van der Waals surface area contributed by atoms with Crippen molar-refractivity contribution in [1.29, 1.82) is 0 Å². The number of terminal acetylenes is 1. The molecular formula is C18H13N3O. The van der Waals surface area contributed by atoms with Gasteiger partial charge < -0.3 is 10.4 Å². The fraction of sp³-hybridized carbons (Fsp3) is 0. The molecule has 2 aromatic rings. The van der Waals surface area contributed by atoms with E-state index in [-0.39, 0.29) is 5.75 Å². The highest BCUT2D eigenvalue weighted by atomic mass is 16.3. The Labute approximate surface area is 128 Å². The first-order valence-corrected chi connectivity index (χ1v) is 6.71. The summed E-state index contributed by atoms with van der Waals surface area (Å²) in [4.78, 5) is 7.97. The Hall–Kier alpha value is -3.32. The molecule has 2 N–H and O–H groups in total. The smallest absolute Gasteiger partial charge is 0.206 e. The van der Waals surface area contributed by atoms with E-state index in [9.17, 15) is 0 Å². The topological polar surface area (TPSA) is 58.0 Å². The van der Waals surface area contributed by atoms with Crippen LogP contribution in [0.25, 0.3) is 11.1 Å². The van der Waals surface area contributed by atoms with Crippen molar-refractivity contribution in [2.45, 2.75) is 0 Å². The van der Waals surface area contributed by atoms with Crippen LogP contribution in [0.1, 0.15) is 5.82 Å². The minimum absolute atomic E-state index is 0.220. The minimum Gasteiger partial charge on any atom is -0.508 e. The summed E-state index contributed by atoms with van der Waals surface area (Å²) in [5, 5.41) is 12.2. The van der Waals surface area contributed by atoms with Crippen LogP contribution in [0.15, 0.2) is 60.8 Å². The Bertz CT molecular complexity index is 818. The minimum atomic E-state index is 0.220. The van der Waals surface area contributed by atoms with Gasteiger partial charge >= 0.3 is 0 Å². The molecule has 22 heavy (non-hydrogen) atoms. The predicted molar refractivity (Wildman–Crippen MR) is 86.8 cm³/mol. The molecule has 0 fully saturated rings. The van der Waals surface area contributed by atoms with Crippen LogP contribution in [-0.4, -0.2) is 15.1 Å². The molecular weight excluding hydrogens is 274 g/mol. The molecule has 4 rings (SSSR count). The number of fused-ring (bicyclic) bond motifs is 1. The van der Waals surface area contributed by atoms with E-state index in [0.29, 0.717) is 11.6 Å². The lowest BCUT2D eigenvalue weighted by atomic mass is 10.3. The number of rotatable bonds is 2. The molecule has 4 heteroatoms. The summed E-state index contributed by atoms with van der Waals surface area (Å²) in [6.45, 7) is 0. The number of hydrogen-bond donors (Lipinski definition) is 2. The summed E-state index contributed by atoms with van der Waals surface area (Å²) in [7, 11) is 0. The average molecular weight is 287 g/mol. The number of nitrogens with zero attached hydrogens (tertiary/aromatic N) is 2. The zero-order chi connectivity index (χ0) is 15.4. The van der Waals surface area contributed by atoms with Gasteiger partial charge in [-0.3, -0.25) is 0 Å². The molecule has 0 bridgehead atoms. The molecule has 0 unspecified atom stereocenters. The third kappa shape index (κ3) is 3.41. The van der Waals surface area contributed by atoms with Gasteiger partial charge in [-0.2, -0.15) is 0 Å². The summed E-state index contributed by atoms with van der Waals surface area (Å²) in [5.74, 6) is 3.54. The average Bonchev–Trinajstić information content (AvgIpc) is 3.16. The molecule has 0 aliphatic heterocycles. The number of aromatic nitrogens is 2. The van der Waals surface area contributed by atoms with Gasteiger partial charge in [0, 0.05) is 11.9 Å². The van der Waals surface area contributed by atoms with Crippen molar-refractivity contribution in [1.82, 2.24) is 9.97 Å². The number of benzene rings is 2. The van der Waals surface area contributed by atoms with E-state index in [1.807, 2.05) is 0 Å². The Morgan fingerprint density at radius 1 is 1.00 bits per heavy atom. The molecule has 106 valence electrons. The maximum absolute atomic E-state index is 9.12. The molecule has 2 aliphatic carbocycles. The zero-order valence-electron chi connectivity index (χ0n) is 11.7. The number of nitrogens with one attached hydrogen (secondary N) is 1. The van der Waals surface area contributed by atoms with E-state index in [0.717, 1.165) is 5.69 Å². The summed E-state index contributed by atoms with van der Waals surface area (Å²) < 4.78 is 0. The standard InChI is InChI=1S/C12H9N3O.C6H4/c1-2-11-13-8-7-12(15-11)14-9-3-5-10(16)6-4-9;1-2-5-4-6(5)3-1/h1,3-8,16H,(H,13,14,15);1-4H. The largest absolute Gasteiger partial charge is 0.508 e. The molecule has 0 saturated carbocycles. The summed E-state index contributed by atoms with van der Waals surface area (Å²) >= 11 is 0. The van der Waals surface area contributed by atoms with Crippen LogP contribution in [0.5, 0.6) is 5.75 Å². The molecule has 4 nitrogen and oxygen atoms in total. The Kier molecular flexibility index (Phi) is 3.71. The van der Waals surface area contributed by atoms with Crippen LogP contribution >= 0.6 is 0 Å². The van der Waals surface area contributed by atoms with Gasteiger partial charge in [0.05, 0.1) is 0 Å². The molecule has 1 aromatic heterocycles. The summed E-state index contributed by atoms with van der Waals surface area (Å²) in [5.41, 5.74) is 3.67. The Balaban J connectivity index is 0.000000196. The highest BCUT2D eigenvalue weighted by molar-refractivity contribution is 5.80. The van der Waals surface area contributed by atoms with E-state index in [1.165, 1.54) is 11.1 Å². The maximum Gasteiger partial charge on any atom is 0.206 e. The van der Waals surface area contributed by atoms with Crippen molar-refractivity contribution in [2.75, 3.05) is 5.32 Å². The zero-order valence-corrected chi connectivity index (χ0v) is 11.7. The Morgan fingerprint density at radius 2 is 1.73 bits per heavy atom. The molecule has 0 saturated heterocycles. The second kappa shape index (κ2) is 5.98. The van der Waals surface area contributed by atoms with E-state index >= 15 is 0 Å². The lowest BCUT2D eigenvalue weighted by Crippen LogP contribution is -1.96. The van der Waals surface area contributed by atoms with Gasteiger partial charge in [0.2, 0.25) is 5.82 Å². The number of phenols is 1. The van der Waals surface area contributed by atoms with Gasteiger partial charge in [-0.25, -0.2) is 9.97 Å². The van der Waals surface area contributed by atoms with Crippen LogP contribution in [-0.2, 0) is 0 Å². The monoisotopic (exact) mass is 287 g/mol. The van der Waals surface area contributed by atoms with Crippen LogP contribution in [0.3, 0.4) is 0 Å². The predicted octanol–water partition coefficient (Wildman–Crippen LogP) is 3.57. The van der Waals surface area contributed by atoms with Gasteiger partial charge in [0.25, 0.3) is 0 Å². The number of hydrogen-bond acceptors (Lipinski definition) is 4. The maximum atomic E-state index is 9.12. The fourth-order valence-electron chi connectivity index (χ4n) is 1.87. The number of anilines is 2. The van der Waals surface area contributed by atoms with Crippen molar-refractivity contribution in [2.24, 2.45) is 0 Å². The van der Waals surface area contributed by atoms with Gasteiger partial charge in [0.15, 0.2) is 0 Å². The quantitative estimate of drug-likeness (QED) is 0.437. The second-order valence-corrected chi connectivity index (χ2v) is 4.66. The lowest BCUT2D eigenvalue weighted by molar-refractivity contribution is 0.475. The van der Waals surface area contributed by atoms with Crippen molar-refractivity contribution in [3.05, 3.63) is 66.6 Å². The highest BCUT2D eigenvalue weighted by Crippen LogP contribution is 2.32. The van der Waals surface area contributed by atoms with Crippen molar-refractivity contribution in [3.8, 4) is 29.2 Å². The Morgan fingerprint density at radius 3 is 2.27 bits per heavy atom.